The monoisotopic (exact) mass is 1160 g/mol. The second-order valence-electron chi connectivity index (χ2n) is 24.4. The second-order valence-corrected chi connectivity index (χ2v) is 24.4. The zero-order chi connectivity index (χ0) is 69.3. The van der Waals surface area contributed by atoms with Crippen LogP contribution >= 0.6 is 0 Å². The number of benzene rings is 6. The van der Waals surface area contributed by atoms with Crippen LogP contribution in [-0.4, -0.2) is 0 Å². The van der Waals surface area contributed by atoms with Crippen molar-refractivity contribution in [3.05, 3.63) is 218 Å². The summed E-state index contributed by atoms with van der Waals surface area (Å²) in [6.07, 6.45) is 0. The molecule has 0 spiro atoms. The van der Waals surface area contributed by atoms with Crippen LogP contribution in [0.25, 0.3) is 0 Å². The molecule has 6 aromatic carbocycles. The Morgan fingerprint density at radius 2 is 0.193 bits per heavy atom. The Bertz CT molecular complexity index is 1250. The van der Waals surface area contributed by atoms with Gasteiger partial charge in [-0.1, -0.05) is 496 Å². The Kier molecular flexibility index (Phi) is 128. The van der Waals surface area contributed by atoms with Gasteiger partial charge in [-0.3, -0.25) is 0 Å². The second kappa shape index (κ2) is 93.7. The summed E-state index contributed by atoms with van der Waals surface area (Å²) in [6, 6.07) is 70.6. The molecule has 6 rings (SSSR count). The van der Waals surface area contributed by atoms with Crippen LogP contribution in [0.4, 0.5) is 0 Å². The molecule has 0 atom stereocenters. The molecule has 0 saturated heterocycles. The van der Waals surface area contributed by atoms with Crippen LogP contribution in [0.2, 0.25) is 0 Å². The summed E-state index contributed by atoms with van der Waals surface area (Å²) in [7, 11) is 0. The molecule has 0 bridgehead atoms. The van der Waals surface area contributed by atoms with Crippen molar-refractivity contribution < 1.29 is 0 Å². The quantitative estimate of drug-likeness (QED) is 0.142. The Labute approximate surface area is 531 Å². The molecule has 83 heavy (non-hydrogen) atoms. The van der Waals surface area contributed by atoms with Crippen LogP contribution in [0.15, 0.2) is 212 Å². The van der Waals surface area contributed by atoms with Gasteiger partial charge in [-0.2, -0.15) is 0 Å². The molecule has 0 heteroatoms. The smallest absolute Gasteiger partial charge is 0.0132 e. The highest BCUT2D eigenvalue weighted by molar-refractivity contribution is 5.22. The fraction of sp³-hybridized carbons (Fsp3) is 0.566. The van der Waals surface area contributed by atoms with E-state index in [0.29, 0.717) is 32.5 Å². The first kappa shape index (κ1) is 113. The van der Waals surface area contributed by atoms with Gasteiger partial charge in [-0.05, 0) is 38.1 Å². The third-order valence-corrected chi connectivity index (χ3v) is 4.97. The van der Waals surface area contributed by atoms with Crippen LogP contribution in [0.3, 0.4) is 0 Å². The molecule has 0 aliphatic carbocycles. The minimum absolute atomic E-state index is 0.293. The fourth-order valence-electron chi connectivity index (χ4n) is 2.86. The third kappa shape index (κ3) is 284. The van der Waals surface area contributed by atoms with Crippen LogP contribution in [0, 0.1) is 27.1 Å². The normalized spacial score (nSPS) is 8.54. The van der Waals surface area contributed by atoms with Gasteiger partial charge >= 0.3 is 0 Å². The summed E-state index contributed by atoms with van der Waals surface area (Å²) in [5.74, 6) is 0. The van der Waals surface area contributed by atoms with E-state index in [2.05, 4.69) is 190 Å². The standard InChI is InChI=1S/C10H14.5C6H6.5C5H12.9C2H6/c1-10(2,3)9-7-5-4-6-8-9;5*1-2-4-6-5-3-1;5*1-5(2,3)4;9*1-2/h4-8H,1-3H3;5*1-6H;5*1-4H3;9*1-2H3. The Balaban J connectivity index is -0.0000000514. The summed E-state index contributed by atoms with van der Waals surface area (Å²) in [5.41, 5.74) is 4.19. The first-order valence-corrected chi connectivity index (χ1v) is 32.7. The zero-order valence-corrected chi connectivity index (χ0v) is 64.7. The van der Waals surface area contributed by atoms with E-state index in [9.17, 15) is 0 Å². The van der Waals surface area contributed by atoms with Crippen LogP contribution < -0.4 is 0 Å². The number of hydrogen-bond acceptors (Lipinski definition) is 0. The molecular weight excluding hydrogens is 997 g/mol. The van der Waals surface area contributed by atoms with Crippen molar-refractivity contribution in [3.8, 4) is 0 Å². The van der Waals surface area contributed by atoms with Gasteiger partial charge in [0.2, 0.25) is 0 Å². The van der Waals surface area contributed by atoms with Crippen molar-refractivity contribution in [2.24, 2.45) is 27.1 Å². The third-order valence-electron chi connectivity index (χ3n) is 4.97. The van der Waals surface area contributed by atoms with E-state index < -0.39 is 0 Å². The van der Waals surface area contributed by atoms with Gasteiger partial charge in [0.1, 0.15) is 0 Å². The largest absolute Gasteiger partial charge is 0.0683 e. The van der Waals surface area contributed by atoms with Crippen LogP contribution in [0.1, 0.15) is 289 Å². The van der Waals surface area contributed by atoms with Crippen LogP contribution in [0.5, 0.6) is 0 Å². The number of rotatable bonds is 0. The highest BCUT2D eigenvalue weighted by Gasteiger charge is 2.11. The van der Waals surface area contributed by atoms with Gasteiger partial charge in [0.15, 0.2) is 0 Å². The summed E-state index contributed by atoms with van der Waals surface area (Å²) >= 11 is 0. The fourth-order valence-corrected chi connectivity index (χ4v) is 2.86. The molecule has 0 aromatic heterocycles. The van der Waals surface area contributed by atoms with E-state index in [1.807, 2.05) is 307 Å². The maximum atomic E-state index is 2.22. The molecule has 0 nitrogen and oxygen atoms in total. The lowest BCUT2D eigenvalue weighted by molar-refractivity contribution is 0.469. The molecule has 0 fully saturated rings. The van der Waals surface area contributed by atoms with Gasteiger partial charge in [-0.15, -0.1) is 0 Å². The molecule has 0 N–H and O–H groups in total. The molecule has 0 aliphatic rings. The van der Waals surface area contributed by atoms with E-state index in [0.717, 1.165) is 0 Å². The molecule has 6 aromatic rings. The van der Waals surface area contributed by atoms with Crippen molar-refractivity contribution in [3.63, 3.8) is 0 Å². The first-order valence-electron chi connectivity index (χ1n) is 32.7. The van der Waals surface area contributed by atoms with E-state index >= 15 is 0 Å². The van der Waals surface area contributed by atoms with E-state index in [1.54, 1.807) is 0 Å². The lowest BCUT2D eigenvalue weighted by atomic mass is 9.87. The maximum Gasteiger partial charge on any atom is -0.0132 e. The Morgan fingerprint density at radius 1 is 0.133 bits per heavy atom. The molecule has 0 unspecified atom stereocenters. The predicted octanol–water partition coefficient (Wildman–Crippen LogP) is 30.9. The van der Waals surface area contributed by atoms with Gasteiger partial charge < -0.3 is 0 Å². The highest BCUT2D eigenvalue weighted by atomic mass is 14.2. The molecule has 0 heterocycles. The average Bonchev–Trinajstić information content (AvgIpc) is 3.47. The van der Waals surface area contributed by atoms with E-state index in [1.165, 1.54) is 5.56 Å². The summed E-state index contributed by atoms with van der Waals surface area (Å²) in [6.45, 7) is 86.4. The number of hydrogen-bond donors (Lipinski definition) is 0. The molecule has 0 amide bonds. The molecular formula is C83H158. The minimum atomic E-state index is 0.293. The lowest BCUT2D eigenvalue weighted by Crippen LogP contribution is -2.10. The Morgan fingerprint density at radius 3 is 0.241 bits per heavy atom. The van der Waals surface area contributed by atoms with Gasteiger partial charge in [0, 0.05) is 0 Å². The SMILES string of the molecule is CC.CC.CC.CC.CC.CC.CC.CC.CC.CC(C)(C)C.CC(C)(C)C.CC(C)(C)C.CC(C)(C)C.CC(C)(C)C.CC(C)(C)c1ccccc1.c1ccccc1.c1ccccc1.c1ccccc1.c1ccccc1.c1ccccc1. The van der Waals surface area contributed by atoms with Crippen LogP contribution in [-0.2, 0) is 5.41 Å². The van der Waals surface area contributed by atoms with Crippen molar-refractivity contribution >= 4 is 0 Å². The summed E-state index contributed by atoms with van der Waals surface area (Å²) < 4.78 is 0. The topological polar surface area (TPSA) is 0 Å². The molecule has 0 aliphatic heterocycles. The molecule has 0 radical (unpaired) electrons. The van der Waals surface area contributed by atoms with Crippen molar-refractivity contribution in [1.29, 1.82) is 0 Å². The van der Waals surface area contributed by atoms with Crippen molar-refractivity contribution in [2.75, 3.05) is 0 Å². The molecule has 490 valence electrons. The predicted molar refractivity (Wildman–Crippen MR) is 405 cm³/mol. The molecule has 0 saturated carbocycles. The summed E-state index contributed by atoms with van der Waals surface area (Å²) in [5, 5.41) is 0. The highest BCUT2D eigenvalue weighted by Crippen LogP contribution is 2.20. The summed E-state index contributed by atoms with van der Waals surface area (Å²) in [4.78, 5) is 0. The maximum absolute atomic E-state index is 2.22. The van der Waals surface area contributed by atoms with E-state index in [-0.39, 0.29) is 0 Å². The Hall–Kier alpha value is -4.68. The van der Waals surface area contributed by atoms with Gasteiger partial charge in [0.25, 0.3) is 0 Å². The van der Waals surface area contributed by atoms with Crippen molar-refractivity contribution in [1.82, 2.24) is 0 Å². The zero-order valence-electron chi connectivity index (χ0n) is 64.7. The minimum Gasteiger partial charge on any atom is -0.0683 e. The lowest BCUT2D eigenvalue weighted by Gasteiger charge is -2.18. The van der Waals surface area contributed by atoms with Gasteiger partial charge in [-0.25, -0.2) is 0 Å². The van der Waals surface area contributed by atoms with Gasteiger partial charge in [0.05, 0.1) is 0 Å². The van der Waals surface area contributed by atoms with Crippen molar-refractivity contribution in [2.45, 2.75) is 289 Å². The van der Waals surface area contributed by atoms with E-state index in [4.69, 9.17) is 0 Å². The average molecular weight is 1160 g/mol. The first-order chi connectivity index (χ1) is 38.6.